The molecule has 0 radical (unpaired) electrons. The third-order valence-corrected chi connectivity index (χ3v) is 3.97. The van der Waals surface area contributed by atoms with Gasteiger partial charge in [-0.2, -0.15) is 0 Å². The van der Waals surface area contributed by atoms with Gasteiger partial charge in [-0.1, -0.05) is 18.2 Å². The number of aryl methyl sites for hydroxylation is 2. The van der Waals surface area contributed by atoms with Gasteiger partial charge in [-0.05, 0) is 31.5 Å². The van der Waals surface area contributed by atoms with Crippen LogP contribution >= 0.6 is 11.8 Å². The number of amides is 1. The van der Waals surface area contributed by atoms with Crippen molar-refractivity contribution in [2.45, 2.75) is 24.5 Å². The number of hydrogen-bond donors (Lipinski definition) is 2. The van der Waals surface area contributed by atoms with Crippen LogP contribution in [0.5, 0.6) is 0 Å². The first-order valence-electron chi connectivity index (χ1n) is 5.90. The van der Waals surface area contributed by atoms with E-state index in [4.69, 9.17) is 10.3 Å². The van der Waals surface area contributed by atoms with Gasteiger partial charge in [0.25, 0.3) is 0 Å². The molecule has 1 aromatic heterocycles. The Morgan fingerprint density at radius 3 is 2.74 bits per heavy atom. The van der Waals surface area contributed by atoms with Crippen molar-refractivity contribution in [1.29, 1.82) is 0 Å². The number of carbonyl (C=O) groups is 1. The van der Waals surface area contributed by atoms with Gasteiger partial charge in [-0.15, -0.1) is 11.8 Å². The highest BCUT2D eigenvalue weighted by atomic mass is 32.2. The number of nitrogen functional groups attached to an aromatic ring is 1. The van der Waals surface area contributed by atoms with Crippen LogP contribution in [0, 0.1) is 13.8 Å². The van der Waals surface area contributed by atoms with E-state index in [0.717, 1.165) is 11.3 Å². The Hall–Kier alpha value is -1.72. The third kappa shape index (κ3) is 3.19. The normalized spacial score (nSPS) is 10.5. The lowest BCUT2D eigenvalue weighted by Crippen LogP contribution is -2.30. The van der Waals surface area contributed by atoms with Gasteiger partial charge in [0.2, 0.25) is 0 Å². The molecule has 0 saturated carbocycles. The molecule has 2 rings (SSSR count). The summed E-state index contributed by atoms with van der Waals surface area (Å²) in [5, 5.41) is 0. The molecule has 1 heterocycles. The summed E-state index contributed by atoms with van der Waals surface area (Å²) in [6.45, 7) is 3.90. The summed E-state index contributed by atoms with van der Waals surface area (Å²) >= 11 is 1.68. The molecule has 4 nitrogen and oxygen atoms in total. The second-order valence-electron chi connectivity index (χ2n) is 4.25. The summed E-state index contributed by atoms with van der Waals surface area (Å²) in [5.41, 5.74) is 4.11. The van der Waals surface area contributed by atoms with Crippen LogP contribution in [0.15, 0.2) is 39.6 Å². The van der Waals surface area contributed by atoms with Crippen LogP contribution in [0.3, 0.4) is 0 Å². The molecule has 1 amide bonds. The van der Waals surface area contributed by atoms with E-state index >= 15 is 0 Å². The molecular weight excluding hydrogens is 260 g/mol. The Kier molecular flexibility index (Phi) is 4.29. The molecule has 0 fully saturated rings. The maximum Gasteiger partial charge on any atom is 0.301 e. The van der Waals surface area contributed by atoms with Gasteiger partial charge in [0.15, 0.2) is 5.76 Å². The van der Waals surface area contributed by atoms with Gasteiger partial charge in [0, 0.05) is 10.5 Å². The van der Waals surface area contributed by atoms with E-state index in [9.17, 15) is 4.79 Å². The Labute approximate surface area is 116 Å². The van der Waals surface area contributed by atoms with E-state index in [1.54, 1.807) is 11.8 Å². The molecule has 0 bridgehead atoms. The Bertz CT molecular complexity index is 593. The average molecular weight is 276 g/mol. The Morgan fingerprint density at radius 2 is 2.05 bits per heavy atom. The van der Waals surface area contributed by atoms with Crippen LogP contribution < -0.4 is 11.3 Å². The number of thioether (sulfide) groups is 1. The molecule has 2 aromatic rings. The van der Waals surface area contributed by atoms with Crippen LogP contribution in [0.1, 0.15) is 27.4 Å². The van der Waals surface area contributed by atoms with Crippen LogP contribution in [0.2, 0.25) is 0 Å². The van der Waals surface area contributed by atoms with Gasteiger partial charge < -0.3 is 4.42 Å². The number of benzene rings is 1. The lowest BCUT2D eigenvalue weighted by Gasteiger charge is -2.03. The molecule has 0 unspecified atom stereocenters. The summed E-state index contributed by atoms with van der Waals surface area (Å²) in [6.07, 6.45) is 0. The number of nitrogens with one attached hydrogen (secondary N) is 1. The van der Waals surface area contributed by atoms with Crippen molar-refractivity contribution in [2.24, 2.45) is 5.84 Å². The first-order valence-corrected chi connectivity index (χ1v) is 6.89. The zero-order chi connectivity index (χ0) is 13.8. The topological polar surface area (TPSA) is 68.3 Å². The maximum atomic E-state index is 11.4. The molecular formula is C14H16N2O2S. The van der Waals surface area contributed by atoms with Crippen LogP contribution in [0.4, 0.5) is 0 Å². The van der Waals surface area contributed by atoms with Crippen molar-refractivity contribution < 1.29 is 9.21 Å². The van der Waals surface area contributed by atoms with Crippen molar-refractivity contribution in [3.63, 3.8) is 0 Å². The van der Waals surface area contributed by atoms with Gasteiger partial charge in [-0.3, -0.25) is 10.2 Å². The number of hydrazine groups is 1. The van der Waals surface area contributed by atoms with Crippen molar-refractivity contribution in [3.8, 4) is 0 Å². The molecule has 3 N–H and O–H groups in total. The predicted octanol–water partition coefficient (Wildman–Crippen LogP) is 2.79. The summed E-state index contributed by atoms with van der Waals surface area (Å²) in [7, 11) is 0. The number of furan rings is 1. The van der Waals surface area contributed by atoms with Crippen molar-refractivity contribution in [1.82, 2.24) is 5.43 Å². The highest BCUT2D eigenvalue weighted by molar-refractivity contribution is 7.98. The van der Waals surface area contributed by atoms with Crippen LogP contribution in [-0.4, -0.2) is 5.91 Å². The molecule has 19 heavy (non-hydrogen) atoms. The molecule has 0 spiro atoms. The minimum Gasteiger partial charge on any atom is -0.455 e. The van der Waals surface area contributed by atoms with Crippen molar-refractivity contribution >= 4 is 17.7 Å². The van der Waals surface area contributed by atoms with Crippen molar-refractivity contribution in [3.05, 3.63) is 53.0 Å². The maximum absolute atomic E-state index is 11.4. The highest BCUT2D eigenvalue weighted by Gasteiger charge is 2.14. The monoisotopic (exact) mass is 276 g/mol. The van der Waals surface area contributed by atoms with E-state index in [0.29, 0.717) is 5.75 Å². The summed E-state index contributed by atoms with van der Waals surface area (Å²) < 4.78 is 5.52. The van der Waals surface area contributed by atoms with E-state index in [-0.39, 0.29) is 5.76 Å². The predicted molar refractivity (Wildman–Crippen MR) is 75.8 cm³/mol. The summed E-state index contributed by atoms with van der Waals surface area (Å²) in [5.74, 6) is 6.44. The van der Waals surface area contributed by atoms with Gasteiger partial charge in [0.05, 0.1) is 5.75 Å². The smallest absolute Gasteiger partial charge is 0.301 e. The van der Waals surface area contributed by atoms with Gasteiger partial charge >= 0.3 is 5.91 Å². The van der Waals surface area contributed by atoms with E-state index in [1.165, 1.54) is 10.5 Å². The molecule has 5 heteroatoms. The average Bonchev–Trinajstić information content (AvgIpc) is 2.78. The second-order valence-corrected chi connectivity index (χ2v) is 5.27. The first-order chi connectivity index (χ1) is 9.11. The first kappa shape index (κ1) is 13.7. The Morgan fingerprint density at radius 1 is 1.32 bits per heavy atom. The second kappa shape index (κ2) is 5.95. The zero-order valence-corrected chi connectivity index (χ0v) is 11.7. The largest absolute Gasteiger partial charge is 0.455 e. The number of carbonyl (C=O) groups excluding carboxylic acids is 1. The summed E-state index contributed by atoms with van der Waals surface area (Å²) in [6, 6.07) is 10.0. The standard InChI is InChI=1S/C14H16N2O2S/c1-9-5-3-4-6-12(9)19-8-11-7-10(2)13(18-11)14(17)16-15/h3-7H,8,15H2,1-2H3,(H,16,17). The SMILES string of the molecule is Cc1ccccc1SCc1cc(C)c(C(=O)NN)o1. The number of nitrogens with two attached hydrogens (primary N) is 1. The van der Waals surface area contributed by atoms with Gasteiger partial charge in [-0.25, -0.2) is 5.84 Å². The fourth-order valence-electron chi connectivity index (χ4n) is 1.78. The molecule has 1 aromatic carbocycles. The highest BCUT2D eigenvalue weighted by Crippen LogP contribution is 2.27. The molecule has 0 aliphatic rings. The molecule has 100 valence electrons. The molecule has 0 saturated heterocycles. The van der Waals surface area contributed by atoms with Crippen LogP contribution in [0.25, 0.3) is 0 Å². The number of hydrogen-bond acceptors (Lipinski definition) is 4. The van der Waals surface area contributed by atoms with E-state index < -0.39 is 5.91 Å². The number of rotatable bonds is 4. The Balaban J connectivity index is 2.09. The van der Waals surface area contributed by atoms with E-state index in [2.05, 4.69) is 24.5 Å². The van der Waals surface area contributed by atoms with Gasteiger partial charge in [0.1, 0.15) is 5.76 Å². The minimum atomic E-state index is -0.398. The van der Waals surface area contributed by atoms with Crippen LogP contribution in [-0.2, 0) is 5.75 Å². The fourth-order valence-corrected chi connectivity index (χ4v) is 2.69. The lowest BCUT2D eigenvalue weighted by atomic mass is 10.2. The third-order valence-electron chi connectivity index (χ3n) is 2.77. The zero-order valence-electron chi connectivity index (χ0n) is 10.9. The molecule has 0 atom stereocenters. The molecule has 0 aliphatic carbocycles. The minimum absolute atomic E-state index is 0.280. The quantitative estimate of drug-likeness (QED) is 0.390. The molecule has 0 aliphatic heterocycles. The lowest BCUT2D eigenvalue weighted by molar-refractivity contribution is 0.0923. The summed E-state index contributed by atoms with van der Waals surface area (Å²) in [4.78, 5) is 12.6. The fraction of sp³-hybridized carbons (Fsp3) is 0.214. The van der Waals surface area contributed by atoms with E-state index in [1.807, 2.05) is 25.1 Å². The van der Waals surface area contributed by atoms with Crippen molar-refractivity contribution in [2.75, 3.05) is 0 Å².